The number of amidine groups is 1. The summed E-state index contributed by atoms with van der Waals surface area (Å²) in [6.45, 7) is 1.88. The molecule has 0 aliphatic carbocycles. The molecule has 0 unspecified atom stereocenters. The van der Waals surface area contributed by atoms with Crippen molar-refractivity contribution in [3.05, 3.63) is 38.4 Å². The third kappa shape index (κ3) is 1.84. The van der Waals surface area contributed by atoms with E-state index in [0.717, 1.165) is 23.3 Å². The van der Waals surface area contributed by atoms with Crippen molar-refractivity contribution in [1.82, 2.24) is 4.90 Å². The summed E-state index contributed by atoms with van der Waals surface area (Å²) in [4.78, 5) is 6.93. The molecule has 0 saturated heterocycles. The summed E-state index contributed by atoms with van der Waals surface area (Å²) in [5, 5.41) is 5.34. The van der Waals surface area contributed by atoms with Crippen LogP contribution in [0.25, 0.3) is 15.8 Å². The molecule has 0 saturated carbocycles. The summed E-state index contributed by atoms with van der Waals surface area (Å²) in [6.07, 6.45) is 2.13. The lowest BCUT2D eigenvalue weighted by Crippen LogP contribution is -2.20. The zero-order valence-corrected chi connectivity index (χ0v) is 13.9. The molecule has 2 aliphatic heterocycles. The van der Waals surface area contributed by atoms with Crippen molar-refractivity contribution in [2.45, 2.75) is 0 Å². The van der Waals surface area contributed by atoms with Crippen LogP contribution >= 0.6 is 46.5 Å². The van der Waals surface area contributed by atoms with E-state index in [4.69, 9.17) is 11.6 Å². The summed E-state index contributed by atoms with van der Waals surface area (Å²) < 4.78 is 2.50. The number of nitrogens with zero attached hydrogens (tertiary/aromatic N) is 2. The van der Waals surface area contributed by atoms with Gasteiger partial charge in [0.1, 0.15) is 0 Å². The molecule has 0 bridgehead atoms. The second kappa shape index (κ2) is 4.98. The van der Waals surface area contributed by atoms with Crippen LogP contribution in [-0.4, -0.2) is 29.4 Å². The molecule has 0 radical (unpaired) electrons. The van der Waals surface area contributed by atoms with Gasteiger partial charge in [0.25, 0.3) is 0 Å². The zero-order chi connectivity index (χ0) is 13.7. The average Bonchev–Trinajstić information content (AvgIpc) is 3.14. The molecule has 0 amide bonds. The van der Waals surface area contributed by atoms with Crippen LogP contribution < -0.4 is 0 Å². The quantitative estimate of drug-likeness (QED) is 0.769. The minimum absolute atomic E-state index is 0.839. The molecule has 2 aromatic rings. The Morgan fingerprint density at radius 3 is 3.10 bits per heavy atom. The Hall–Kier alpha value is -0.620. The van der Waals surface area contributed by atoms with Crippen LogP contribution in [0.5, 0.6) is 0 Å². The first-order chi connectivity index (χ1) is 9.79. The highest BCUT2D eigenvalue weighted by Crippen LogP contribution is 2.48. The lowest BCUT2D eigenvalue weighted by molar-refractivity contribution is 0.650. The van der Waals surface area contributed by atoms with E-state index in [9.17, 15) is 0 Å². The van der Waals surface area contributed by atoms with Crippen molar-refractivity contribution >= 4 is 67.4 Å². The Bertz CT molecular complexity index is 763. The monoisotopic (exact) mass is 338 g/mol. The van der Waals surface area contributed by atoms with Crippen LogP contribution in [0.4, 0.5) is 0 Å². The Labute approximate surface area is 134 Å². The van der Waals surface area contributed by atoms with Crippen LogP contribution in [-0.2, 0) is 0 Å². The van der Waals surface area contributed by atoms with Crippen LogP contribution in [0.1, 0.15) is 5.56 Å². The molecular formula is C14H11ClN2S3. The molecule has 102 valence electrons. The van der Waals surface area contributed by atoms with Gasteiger partial charge < -0.3 is 4.90 Å². The van der Waals surface area contributed by atoms with E-state index < -0.39 is 0 Å². The summed E-state index contributed by atoms with van der Waals surface area (Å²) in [7, 11) is 0. The van der Waals surface area contributed by atoms with Crippen molar-refractivity contribution in [1.29, 1.82) is 0 Å². The number of aliphatic imine (C=N–C) groups is 1. The Morgan fingerprint density at radius 1 is 1.35 bits per heavy atom. The van der Waals surface area contributed by atoms with Crippen LogP contribution in [0.2, 0.25) is 5.02 Å². The van der Waals surface area contributed by atoms with E-state index in [-0.39, 0.29) is 0 Å². The number of benzene rings is 1. The van der Waals surface area contributed by atoms with Gasteiger partial charge in [-0.15, -0.1) is 23.1 Å². The summed E-state index contributed by atoms with van der Waals surface area (Å²) in [5.74, 6) is 0. The van der Waals surface area contributed by atoms with E-state index in [0.29, 0.717) is 0 Å². The lowest BCUT2D eigenvalue weighted by Gasteiger charge is -2.18. The smallest absolute Gasteiger partial charge is 0.169 e. The number of halogens is 1. The van der Waals surface area contributed by atoms with E-state index in [1.807, 2.05) is 6.07 Å². The average molecular weight is 339 g/mol. The van der Waals surface area contributed by atoms with Crippen molar-refractivity contribution in [3.63, 3.8) is 0 Å². The molecule has 20 heavy (non-hydrogen) atoms. The van der Waals surface area contributed by atoms with E-state index in [1.165, 1.54) is 25.6 Å². The van der Waals surface area contributed by atoms with E-state index in [1.54, 1.807) is 34.9 Å². The first-order valence-corrected chi connectivity index (χ1v) is 9.53. The largest absolute Gasteiger partial charge is 0.317 e. The predicted molar refractivity (Wildman–Crippen MR) is 93.9 cm³/mol. The van der Waals surface area contributed by atoms with Gasteiger partial charge in [0, 0.05) is 17.5 Å². The highest BCUT2D eigenvalue weighted by atomic mass is 35.5. The second-order valence-corrected chi connectivity index (χ2v) is 7.89. The van der Waals surface area contributed by atoms with Crippen molar-refractivity contribution < 1.29 is 0 Å². The first kappa shape index (κ1) is 13.1. The third-order valence-electron chi connectivity index (χ3n) is 3.46. The van der Waals surface area contributed by atoms with Crippen molar-refractivity contribution in [3.8, 4) is 0 Å². The van der Waals surface area contributed by atoms with Gasteiger partial charge >= 0.3 is 0 Å². The standard InChI is InChI=1S/C14H11ClN2S3/c1-18-13-11(17-6-5-16-14(17)20-13)8-2-3-10(15)12-9(8)4-7-19-12/h2-4,7H,5-6H2,1H3. The molecule has 1 aromatic carbocycles. The van der Waals surface area contributed by atoms with Crippen LogP contribution in [0.15, 0.2) is 32.8 Å². The summed E-state index contributed by atoms with van der Waals surface area (Å²) in [6, 6.07) is 6.32. The lowest BCUT2D eigenvalue weighted by atomic mass is 10.1. The number of thioether (sulfide) groups is 2. The highest BCUT2D eigenvalue weighted by Gasteiger charge is 2.33. The van der Waals surface area contributed by atoms with Gasteiger partial charge in [0.15, 0.2) is 5.17 Å². The van der Waals surface area contributed by atoms with Crippen LogP contribution in [0.3, 0.4) is 0 Å². The van der Waals surface area contributed by atoms with Crippen molar-refractivity contribution in [2.75, 3.05) is 19.3 Å². The van der Waals surface area contributed by atoms with Gasteiger partial charge in [-0.05, 0) is 35.5 Å². The molecule has 3 heterocycles. The highest BCUT2D eigenvalue weighted by molar-refractivity contribution is 8.30. The van der Waals surface area contributed by atoms with E-state index >= 15 is 0 Å². The molecular weight excluding hydrogens is 328 g/mol. The number of hydrogen-bond acceptors (Lipinski definition) is 5. The molecule has 0 fully saturated rings. The minimum Gasteiger partial charge on any atom is -0.317 e. The van der Waals surface area contributed by atoms with Gasteiger partial charge in [0.2, 0.25) is 0 Å². The van der Waals surface area contributed by atoms with Crippen molar-refractivity contribution in [2.24, 2.45) is 4.99 Å². The molecule has 2 nitrogen and oxygen atoms in total. The SMILES string of the molecule is CSC1=C(c2ccc(Cl)c3sccc23)N2CCN=C2S1. The normalized spacial score (nSPS) is 18.1. The fraction of sp³-hybridized carbons (Fsp3) is 0.214. The predicted octanol–water partition coefficient (Wildman–Crippen LogP) is 4.96. The van der Waals surface area contributed by atoms with Gasteiger partial charge in [-0.1, -0.05) is 17.7 Å². The summed E-state index contributed by atoms with van der Waals surface area (Å²) >= 11 is 11.6. The fourth-order valence-corrected chi connectivity index (χ4v) is 5.62. The Kier molecular flexibility index (Phi) is 3.26. The maximum absolute atomic E-state index is 6.31. The fourth-order valence-electron chi connectivity index (χ4n) is 2.59. The number of hydrogen-bond donors (Lipinski definition) is 0. The molecule has 6 heteroatoms. The second-order valence-electron chi connectivity index (χ2n) is 4.52. The van der Waals surface area contributed by atoms with Gasteiger partial charge in [-0.3, -0.25) is 4.99 Å². The zero-order valence-electron chi connectivity index (χ0n) is 10.7. The third-order valence-corrected chi connectivity index (χ3v) is 7.06. The molecule has 0 spiro atoms. The topological polar surface area (TPSA) is 15.6 Å². The number of rotatable bonds is 2. The number of thiophene rings is 1. The molecule has 0 atom stereocenters. The van der Waals surface area contributed by atoms with Gasteiger partial charge in [0.05, 0.1) is 26.2 Å². The molecule has 4 rings (SSSR count). The van der Waals surface area contributed by atoms with Gasteiger partial charge in [-0.25, -0.2) is 0 Å². The molecule has 0 N–H and O–H groups in total. The summed E-state index contributed by atoms with van der Waals surface area (Å²) in [5.41, 5.74) is 2.58. The Morgan fingerprint density at radius 2 is 2.25 bits per heavy atom. The molecule has 1 aromatic heterocycles. The first-order valence-electron chi connectivity index (χ1n) is 6.24. The Balaban J connectivity index is 1.96. The number of fused-ring (bicyclic) bond motifs is 2. The maximum Gasteiger partial charge on any atom is 0.169 e. The van der Waals surface area contributed by atoms with E-state index in [2.05, 4.69) is 33.7 Å². The minimum atomic E-state index is 0.839. The maximum atomic E-state index is 6.31. The van der Waals surface area contributed by atoms with Crippen LogP contribution in [0, 0.1) is 0 Å². The van der Waals surface area contributed by atoms with Gasteiger partial charge in [-0.2, -0.15) is 0 Å². The molecule has 2 aliphatic rings.